The molecule has 2 rings (SSSR count). The molecule has 2 aromatic heterocycles. The lowest BCUT2D eigenvalue weighted by Crippen LogP contribution is -1.93. The lowest BCUT2D eigenvalue weighted by Gasteiger charge is -1.96. The number of hydrogen-bond acceptors (Lipinski definition) is 4. The van der Waals surface area contributed by atoms with E-state index in [0.29, 0.717) is 6.61 Å². The number of aliphatic hydroxyl groups is 1. The molecule has 0 fully saturated rings. The standard InChI is InChI=1S/C10H14O3.C10H16O2/c11-10(12)7-3-1-2-5-9-6-4-8-13-9;11-8-4-2-1-3-6-10-7-5-9-12-10/h4,6,8H,1-3,5,7H2,(H,11,12);5,7,9,11H,1-4,6,8H2. The fourth-order valence-corrected chi connectivity index (χ4v) is 2.43. The Morgan fingerprint density at radius 2 is 1.32 bits per heavy atom. The van der Waals surface area contributed by atoms with Crippen LogP contribution in [0.1, 0.15) is 62.9 Å². The van der Waals surface area contributed by atoms with Crippen LogP contribution in [0.25, 0.3) is 0 Å². The van der Waals surface area contributed by atoms with Crippen molar-refractivity contribution in [3.63, 3.8) is 0 Å². The number of carbonyl (C=O) groups is 1. The molecule has 0 saturated heterocycles. The van der Waals surface area contributed by atoms with Gasteiger partial charge in [-0.1, -0.05) is 19.3 Å². The summed E-state index contributed by atoms with van der Waals surface area (Å²) in [5.41, 5.74) is 0. The van der Waals surface area contributed by atoms with Gasteiger partial charge in [0, 0.05) is 25.9 Å². The molecule has 2 N–H and O–H groups in total. The quantitative estimate of drug-likeness (QED) is 0.535. The van der Waals surface area contributed by atoms with Gasteiger partial charge in [-0.25, -0.2) is 0 Å². The zero-order valence-corrected chi connectivity index (χ0v) is 14.9. The van der Waals surface area contributed by atoms with E-state index < -0.39 is 5.97 Å². The van der Waals surface area contributed by atoms with Crippen molar-refractivity contribution in [2.45, 2.75) is 64.2 Å². The van der Waals surface area contributed by atoms with Gasteiger partial charge in [-0.05, 0) is 49.9 Å². The number of carboxylic acid groups (broad SMARTS) is 1. The molecule has 0 aliphatic carbocycles. The maximum atomic E-state index is 10.2. The van der Waals surface area contributed by atoms with Gasteiger partial charge in [0.15, 0.2) is 0 Å². The van der Waals surface area contributed by atoms with Crippen molar-refractivity contribution in [2.75, 3.05) is 6.61 Å². The van der Waals surface area contributed by atoms with Crippen molar-refractivity contribution in [3.05, 3.63) is 48.3 Å². The average molecular weight is 350 g/mol. The van der Waals surface area contributed by atoms with Crippen LogP contribution >= 0.6 is 0 Å². The van der Waals surface area contributed by atoms with Crippen LogP contribution < -0.4 is 0 Å². The Kier molecular flexibility index (Phi) is 12.1. The first-order valence-electron chi connectivity index (χ1n) is 9.09. The summed E-state index contributed by atoms with van der Waals surface area (Å²) < 4.78 is 10.3. The second-order valence-electron chi connectivity index (χ2n) is 6.00. The number of unbranched alkanes of at least 4 members (excludes halogenated alkanes) is 5. The molecule has 0 bridgehead atoms. The molecule has 0 atom stereocenters. The molecule has 25 heavy (non-hydrogen) atoms. The largest absolute Gasteiger partial charge is 0.481 e. The molecule has 0 aromatic carbocycles. The molecule has 0 aliphatic rings. The van der Waals surface area contributed by atoms with Crippen molar-refractivity contribution in [1.29, 1.82) is 0 Å². The molecule has 0 unspecified atom stereocenters. The summed E-state index contributed by atoms with van der Waals surface area (Å²) in [7, 11) is 0. The van der Waals surface area contributed by atoms with E-state index in [4.69, 9.17) is 19.0 Å². The van der Waals surface area contributed by atoms with Crippen molar-refractivity contribution in [2.24, 2.45) is 0 Å². The third-order valence-electron chi connectivity index (χ3n) is 3.81. The van der Waals surface area contributed by atoms with Crippen molar-refractivity contribution < 1.29 is 23.8 Å². The average Bonchev–Trinajstić information content (AvgIpc) is 3.28. The minimum Gasteiger partial charge on any atom is -0.481 e. The van der Waals surface area contributed by atoms with E-state index in [0.717, 1.165) is 62.9 Å². The van der Waals surface area contributed by atoms with Gasteiger partial charge in [0.25, 0.3) is 0 Å². The van der Waals surface area contributed by atoms with Crippen molar-refractivity contribution in [3.8, 4) is 0 Å². The summed E-state index contributed by atoms with van der Waals surface area (Å²) in [5, 5.41) is 16.9. The fraction of sp³-hybridized carbons (Fsp3) is 0.550. The Bertz CT molecular complexity index is 516. The maximum Gasteiger partial charge on any atom is 0.303 e. The summed E-state index contributed by atoms with van der Waals surface area (Å²) in [4.78, 5) is 10.2. The van der Waals surface area contributed by atoms with E-state index >= 15 is 0 Å². The van der Waals surface area contributed by atoms with Crippen molar-refractivity contribution >= 4 is 5.97 Å². The highest BCUT2D eigenvalue weighted by atomic mass is 16.4. The van der Waals surface area contributed by atoms with Crippen LogP contribution in [0, 0.1) is 0 Å². The van der Waals surface area contributed by atoms with Crippen LogP contribution in [0.5, 0.6) is 0 Å². The predicted octanol–water partition coefficient (Wildman–Crippen LogP) is 4.84. The summed E-state index contributed by atoms with van der Waals surface area (Å²) in [6, 6.07) is 7.73. The summed E-state index contributed by atoms with van der Waals surface area (Å²) in [5.74, 6) is 1.34. The van der Waals surface area contributed by atoms with Gasteiger partial charge in [-0.2, -0.15) is 0 Å². The Morgan fingerprint density at radius 3 is 1.76 bits per heavy atom. The zero-order chi connectivity index (χ0) is 18.2. The molecule has 5 nitrogen and oxygen atoms in total. The zero-order valence-electron chi connectivity index (χ0n) is 14.9. The number of aliphatic hydroxyl groups excluding tert-OH is 1. The highest BCUT2D eigenvalue weighted by Gasteiger charge is 1.98. The molecule has 2 heterocycles. The molecule has 0 aliphatic heterocycles. The van der Waals surface area contributed by atoms with Crippen LogP contribution in [-0.4, -0.2) is 22.8 Å². The van der Waals surface area contributed by atoms with Crippen LogP contribution in [-0.2, 0) is 17.6 Å². The van der Waals surface area contributed by atoms with Gasteiger partial charge in [0.1, 0.15) is 11.5 Å². The lowest BCUT2D eigenvalue weighted by molar-refractivity contribution is -0.137. The fourth-order valence-electron chi connectivity index (χ4n) is 2.43. The van der Waals surface area contributed by atoms with Crippen molar-refractivity contribution in [1.82, 2.24) is 0 Å². The number of carboxylic acids is 1. The minimum atomic E-state index is -0.710. The van der Waals surface area contributed by atoms with Crippen LogP contribution in [0.4, 0.5) is 0 Å². The third kappa shape index (κ3) is 12.1. The topological polar surface area (TPSA) is 83.8 Å². The van der Waals surface area contributed by atoms with Gasteiger partial charge < -0.3 is 19.0 Å². The molecule has 2 aromatic rings. The summed E-state index contributed by atoms with van der Waals surface area (Å²) in [6.45, 7) is 0.320. The summed E-state index contributed by atoms with van der Waals surface area (Å²) in [6.07, 6.45) is 12.7. The second-order valence-corrected chi connectivity index (χ2v) is 6.00. The highest BCUT2D eigenvalue weighted by Crippen LogP contribution is 2.08. The lowest BCUT2D eigenvalue weighted by atomic mass is 10.1. The Hall–Kier alpha value is -2.01. The number of aryl methyl sites for hydroxylation is 2. The SMILES string of the molecule is O=C(O)CCCCCc1ccco1.OCCCCCCc1ccco1. The number of rotatable bonds is 12. The molecule has 140 valence electrons. The van der Waals surface area contributed by atoms with Gasteiger partial charge in [-0.3, -0.25) is 4.79 Å². The van der Waals surface area contributed by atoms with Gasteiger partial charge in [0.05, 0.1) is 12.5 Å². The van der Waals surface area contributed by atoms with E-state index in [1.165, 1.54) is 6.42 Å². The predicted molar refractivity (Wildman–Crippen MR) is 96.5 cm³/mol. The Balaban J connectivity index is 0.000000251. The van der Waals surface area contributed by atoms with Gasteiger partial charge >= 0.3 is 5.97 Å². The molecule has 0 radical (unpaired) electrons. The minimum absolute atomic E-state index is 0.276. The van der Waals surface area contributed by atoms with Gasteiger partial charge in [-0.15, -0.1) is 0 Å². The molecule has 5 heteroatoms. The molecular formula is C20H30O5. The molecule has 0 saturated carbocycles. The highest BCUT2D eigenvalue weighted by molar-refractivity contribution is 5.66. The summed E-state index contributed by atoms with van der Waals surface area (Å²) >= 11 is 0. The van der Waals surface area contributed by atoms with E-state index in [-0.39, 0.29) is 6.42 Å². The maximum absolute atomic E-state index is 10.2. The van der Waals surface area contributed by atoms with Crippen LogP contribution in [0.15, 0.2) is 45.6 Å². The molecule has 0 amide bonds. The van der Waals surface area contributed by atoms with E-state index in [9.17, 15) is 4.79 Å². The Morgan fingerprint density at radius 1 is 0.800 bits per heavy atom. The smallest absolute Gasteiger partial charge is 0.303 e. The number of aliphatic carboxylic acids is 1. The third-order valence-corrected chi connectivity index (χ3v) is 3.81. The van der Waals surface area contributed by atoms with Crippen LogP contribution in [0.3, 0.4) is 0 Å². The first kappa shape index (κ1) is 21.0. The Labute approximate surface area is 149 Å². The normalized spacial score (nSPS) is 10.3. The molecular weight excluding hydrogens is 320 g/mol. The number of hydrogen-bond donors (Lipinski definition) is 2. The van der Waals surface area contributed by atoms with Gasteiger partial charge in [0.2, 0.25) is 0 Å². The monoisotopic (exact) mass is 350 g/mol. The van der Waals surface area contributed by atoms with Crippen LogP contribution in [0.2, 0.25) is 0 Å². The van der Waals surface area contributed by atoms with E-state index in [1.807, 2.05) is 24.3 Å². The second kappa shape index (κ2) is 14.3. The van der Waals surface area contributed by atoms with E-state index in [2.05, 4.69) is 0 Å². The first-order valence-corrected chi connectivity index (χ1v) is 9.09. The number of furan rings is 2. The van der Waals surface area contributed by atoms with E-state index in [1.54, 1.807) is 12.5 Å². The first-order chi connectivity index (χ1) is 12.2. The molecule has 0 spiro atoms.